The molecule has 0 radical (unpaired) electrons. The number of hydrogen-bond donors (Lipinski definition) is 0. The van der Waals surface area contributed by atoms with E-state index in [0.29, 0.717) is 6.42 Å². The van der Waals surface area contributed by atoms with Crippen molar-refractivity contribution in [2.24, 2.45) is 5.92 Å². The minimum atomic E-state index is -3.99. The second-order valence-electron chi connectivity index (χ2n) is 4.20. The molecule has 0 saturated heterocycles. The van der Waals surface area contributed by atoms with Crippen LogP contribution in [-0.2, 0) is 0 Å². The lowest BCUT2D eigenvalue weighted by atomic mass is 9.97. The Hall–Kier alpha value is -0.210. The molecule has 0 amide bonds. The first-order chi connectivity index (χ1) is 7.02. The molecule has 15 heavy (non-hydrogen) atoms. The van der Waals surface area contributed by atoms with E-state index in [9.17, 15) is 13.2 Å². The molecule has 0 aliphatic carbocycles. The highest BCUT2D eigenvalue weighted by Gasteiger charge is 2.37. The second kappa shape index (κ2) is 8.00. The summed E-state index contributed by atoms with van der Waals surface area (Å²) in [6, 6.07) is 0. The van der Waals surface area contributed by atoms with Crippen molar-refractivity contribution in [2.75, 3.05) is 0 Å². The Morgan fingerprint density at radius 2 is 1.40 bits per heavy atom. The van der Waals surface area contributed by atoms with Gasteiger partial charge in [-0.3, -0.25) is 0 Å². The summed E-state index contributed by atoms with van der Waals surface area (Å²) in [7, 11) is 0. The summed E-state index contributed by atoms with van der Waals surface area (Å²) in [6.45, 7) is 3.76. The van der Waals surface area contributed by atoms with Crippen molar-refractivity contribution < 1.29 is 13.2 Å². The van der Waals surface area contributed by atoms with Gasteiger partial charge in [0.2, 0.25) is 0 Å². The molecule has 0 spiro atoms. The van der Waals surface area contributed by atoms with Crippen LogP contribution < -0.4 is 0 Å². The van der Waals surface area contributed by atoms with Crippen LogP contribution in [0.5, 0.6) is 0 Å². The molecule has 0 aliphatic rings. The van der Waals surface area contributed by atoms with Gasteiger partial charge in [0.25, 0.3) is 0 Å². The molecule has 92 valence electrons. The summed E-state index contributed by atoms with van der Waals surface area (Å²) in [5, 5.41) is 0. The fraction of sp³-hybridized carbons (Fsp3) is 1.00. The Labute approximate surface area is 91.3 Å². The van der Waals surface area contributed by atoms with Crippen molar-refractivity contribution in [2.45, 2.75) is 71.4 Å². The van der Waals surface area contributed by atoms with Gasteiger partial charge in [0, 0.05) is 0 Å². The van der Waals surface area contributed by atoms with Crippen molar-refractivity contribution in [3.8, 4) is 0 Å². The molecule has 0 aromatic rings. The summed E-state index contributed by atoms with van der Waals surface area (Å²) >= 11 is 0. The molecule has 1 atom stereocenters. The van der Waals surface area contributed by atoms with Crippen molar-refractivity contribution in [3.63, 3.8) is 0 Å². The predicted molar refractivity (Wildman–Crippen MR) is 57.8 cm³/mol. The molecule has 0 aromatic carbocycles. The van der Waals surface area contributed by atoms with E-state index in [2.05, 4.69) is 6.92 Å². The van der Waals surface area contributed by atoms with Gasteiger partial charge in [-0.25, -0.2) is 0 Å². The Morgan fingerprint density at radius 3 is 1.87 bits per heavy atom. The lowest BCUT2D eigenvalue weighted by Crippen LogP contribution is -2.21. The molecule has 1 unspecified atom stereocenters. The molecular formula is C12H23F3. The van der Waals surface area contributed by atoms with E-state index in [1.54, 1.807) is 6.92 Å². The number of hydrogen-bond acceptors (Lipinski definition) is 0. The average molecular weight is 224 g/mol. The zero-order valence-electron chi connectivity index (χ0n) is 9.87. The number of rotatable bonds is 8. The van der Waals surface area contributed by atoms with E-state index in [1.165, 1.54) is 19.3 Å². The lowest BCUT2D eigenvalue weighted by Gasteiger charge is -2.18. The van der Waals surface area contributed by atoms with Crippen LogP contribution in [0.15, 0.2) is 0 Å². The second-order valence-corrected chi connectivity index (χ2v) is 4.20. The number of alkyl halides is 3. The summed E-state index contributed by atoms with van der Waals surface area (Å²) in [6.07, 6.45) is 2.86. The third kappa shape index (κ3) is 7.69. The lowest BCUT2D eigenvalue weighted by molar-refractivity contribution is -0.177. The third-order valence-corrected chi connectivity index (χ3v) is 2.86. The standard InChI is InChI=1S/C12H23F3/c1-3-5-6-7-8-9-10-11(4-2)12(13,14)15/h11H,3-10H2,1-2H3. The summed E-state index contributed by atoms with van der Waals surface area (Å²) in [4.78, 5) is 0. The van der Waals surface area contributed by atoms with Crippen molar-refractivity contribution in [1.29, 1.82) is 0 Å². The van der Waals surface area contributed by atoms with Gasteiger partial charge in [0.15, 0.2) is 0 Å². The minimum Gasteiger partial charge on any atom is -0.171 e. The van der Waals surface area contributed by atoms with Gasteiger partial charge in [-0.05, 0) is 12.8 Å². The molecule has 0 N–H and O–H groups in total. The first kappa shape index (κ1) is 14.8. The van der Waals surface area contributed by atoms with Gasteiger partial charge in [0.1, 0.15) is 0 Å². The smallest absolute Gasteiger partial charge is 0.171 e. The fourth-order valence-corrected chi connectivity index (χ4v) is 1.77. The van der Waals surface area contributed by atoms with Gasteiger partial charge in [-0.15, -0.1) is 0 Å². The quantitative estimate of drug-likeness (QED) is 0.489. The van der Waals surface area contributed by atoms with Gasteiger partial charge < -0.3 is 0 Å². The number of unbranched alkanes of at least 4 members (excludes halogenated alkanes) is 5. The first-order valence-corrected chi connectivity index (χ1v) is 6.09. The van der Waals surface area contributed by atoms with Crippen LogP contribution in [0, 0.1) is 5.92 Å². The molecule has 0 bridgehead atoms. The zero-order valence-corrected chi connectivity index (χ0v) is 9.87. The van der Waals surface area contributed by atoms with E-state index in [0.717, 1.165) is 19.3 Å². The molecular weight excluding hydrogens is 201 g/mol. The maximum atomic E-state index is 12.4. The van der Waals surface area contributed by atoms with Gasteiger partial charge in [-0.2, -0.15) is 13.2 Å². The molecule has 0 aromatic heterocycles. The van der Waals surface area contributed by atoms with Crippen LogP contribution in [0.1, 0.15) is 65.2 Å². The maximum Gasteiger partial charge on any atom is 0.391 e. The Bertz CT molecular complexity index is 140. The predicted octanol–water partition coefficient (Wildman–Crippen LogP) is 5.33. The van der Waals surface area contributed by atoms with Gasteiger partial charge >= 0.3 is 6.18 Å². The molecule has 0 saturated carbocycles. The van der Waals surface area contributed by atoms with E-state index in [4.69, 9.17) is 0 Å². The maximum absolute atomic E-state index is 12.4. The number of halogens is 3. The molecule has 0 aliphatic heterocycles. The van der Waals surface area contributed by atoms with Crippen LogP contribution in [0.3, 0.4) is 0 Å². The molecule has 3 heteroatoms. The fourth-order valence-electron chi connectivity index (χ4n) is 1.77. The van der Waals surface area contributed by atoms with Gasteiger partial charge in [0.05, 0.1) is 5.92 Å². The highest BCUT2D eigenvalue weighted by molar-refractivity contribution is 4.65. The first-order valence-electron chi connectivity index (χ1n) is 6.09. The molecule has 0 rings (SSSR count). The van der Waals surface area contributed by atoms with Crippen LogP contribution in [0.25, 0.3) is 0 Å². The van der Waals surface area contributed by atoms with Crippen LogP contribution in [0.2, 0.25) is 0 Å². The van der Waals surface area contributed by atoms with Crippen molar-refractivity contribution in [3.05, 3.63) is 0 Å². The minimum absolute atomic E-state index is 0.221. The topological polar surface area (TPSA) is 0 Å². The van der Waals surface area contributed by atoms with E-state index in [-0.39, 0.29) is 6.42 Å². The molecule has 0 nitrogen and oxygen atoms in total. The summed E-state index contributed by atoms with van der Waals surface area (Å²) in [5.74, 6) is -1.08. The van der Waals surface area contributed by atoms with Crippen molar-refractivity contribution in [1.82, 2.24) is 0 Å². The molecule has 0 fully saturated rings. The zero-order chi connectivity index (χ0) is 11.7. The largest absolute Gasteiger partial charge is 0.391 e. The SMILES string of the molecule is CCCCCCCCC(CC)C(F)(F)F. The summed E-state index contributed by atoms with van der Waals surface area (Å²) in [5.41, 5.74) is 0. The Morgan fingerprint density at radius 1 is 0.867 bits per heavy atom. The van der Waals surface area contributed by atoms with E-state index >= 15 is 0 Å². The van der Waals surface area contributed by atoms with Crippen LogP contribution in [-0.4, -0.2) is 6.18 Å². The highest BCUT2D eigenvalue weighted by atomic mass is 19.4. The Kier molecular flexibility index (Phi) is 7.89. The normalized spacial score (nSPS) is 14.2. The monoisotopic (exact) mass is 224 g/mol. The van der Waals surface area contributed by atoms with Crippen LogP contribution in [0.4, 0.5) is 13.2 Å². The Balaban J connectivity index is 3.48. The third-order valence-electron chi connectivity index (χ3n) is 2.86. The van der Waals surface area contributed by atoms with Gasteiger partial charge in [-0.1, -0.05) is 52.4 Å². The van der Waals surface area contributed by atoms with Crippen molar-refractivity contribution >= 4 is 0 Å². The molecule has 0 heterocycles. The highest BCUT2D eigenvalue weighted by Crippen LogP contribution is 2.32. The van der Waals surface area contributed by atoms with E-state index < -0.39 is 12.1 Å². The van der Waals surface area contributed by atoms with Crippen LogP contribution >= 0.6 is 0 Å². The average Bonchev–Trinajstić information content (AvgIpc) is 2.15. The summed E-state index contributed by atoms with van der Waals surface area (Å²) < 4.78 is 37.1. The van der Waals surface area contributed by atoms with E-state index in [1.807, 2.05) is 0 Å².